The van der Waals surface area contributed by atoms with Crippen molar-refractivity contribution in [2.24, 2.45) is 5.14 Å². The molecule has 0 radical (unpaired) electrons. The van der Waals surface area contributed by atoms with Gasteiger partial charge in [0.25, 0.3) is 5.69 Å². The minimum atomic E-state index is -0.428. The summed E-state index contributed by atoms with van der Waals surface area (Å²) in [5, 5.41) is 15.7. The van der Waals surface area contributed by atoms with Crippen molar-refractivity contribution in [1.82, 2.24) is 0 Å². The molecule has 0 aliphatic heterocycles. The van der Waals surface area contributed by atoms with Crippen LogP contribution in [0.5, 0.6) is 0 Å². The lowest BCUT2D eigenvalue weighted by atomic mass is 10.2. The molecule has 4 nitrogen and oxygen atoms in total. The number of nitrogens with zero attached hydrogens (tertiary/aromatic N) is 1. The second-order valence-electron chi connectivity index (χ2n) is 2.35. The second kappa shape index (κ2) is 3.55. The Morgan fingerprint density at radius 2 is 2.25 bits per heavy atom. The van der Waals surface area contributed by atoms with E-state index < -0.39 is 4.92 Å². The van der Waals surface area contributed by atoms with Gasteiger partial charge in [0, 0.05) is 6.07 Å². The maximum absolute atomic E-state index is 10.5. The van der Waals surface area contributed by atoms with Crippen molar-refractivity contribution < 1.29 is 4.92 Å². The van der Waals surface area contributed by atoms with Crippen LogP contribution in [0.1, 0.15) is 5.56 Å². The fourth-order valence-electron chi connectivity index (χ4n) is 0.870. The minimum absolute atomic E-state index is 0.0718. The molecule has 0 bridgehead atoms. The Morgan fingerprint density at radius 3 is 2.75 bits per heavy atom. The first-order valence-electron chi connectivity index (χ1n) is 3.27. The van der Waals surface area contributed by atoms with Crippen LogP contribution in [0.3, 0.4) is 0 Å². The molecular formula is C7H8N2O2S. The average molecular weight is 184 g/mol. The first-order chi connectivity index (χ1) is 5.65. The zero-order valence-corrected chi connectivity index (χ0v) is 7.30. The molecular weight excluding hydrogens is 176 g/mol. The van der Waals surface area contributed by atoms with E-state index in [9.17, 15) is 10.1 Å². The number of rotatable bonds is 2. The van der Waals surface area contributed by atoms with Gasteiger partial charge in [-0.1, -0.05) is 6.07 Å². The highest BCUT2D eigenvalue weighted by molar-refractivity contribution is 7.97. The lowest BCUT2D eigenvalue weighted by Crippen LogP contribution is -1.93. The SMILES string of the molecule is Cc1ccc(SN)c([N+](=O)[O-])c1. The molecule has 0 saturated heterocycles. The highest BCUT2D eigenvalue weighted by Gasteiger charge is 2.12. The predicted molar refractivity (Wildman–Crippen MR) is 47.9 cm³/mol. The summed E-state index contributed by atoms with van der Waals surface area (Å²) in [5.41, 5.74) is 0.932. The van der Waals surface area contributed by atoms with Crippen molar-refractivity contribution >= 4 is 17.6 Å². The van der Waals surface area contributed by atoms with Crippen LogP contribution in [-0.4, -0.2) is 4.92 Å². The molecule has 0 aromatic heterocycles. The van der Waals surface area contributed by atoms with Gasteiger partial charge in [-0.25, -0.2) is 0 Å². The number of hydrogen-bond donors (Lipinski definition) is 1. The van der Waals surface area contributed by atoms with E-state index in [-0.39, 0.29) is 5.69 Å². The zero-order chi connectivity index (χ0) is 9.14. The third-order valence-electron chi connectivity index (χ3n) is 1.44. The van der Waals surface area contributed by atoms with Crippen LogP contribution in [0.25, 0.3) is 0 Å². The normalized spacial score (nSPS) is 9.83. The molecule has 0 heterocycles. The Balaban J connectivity index is 3.21. The van der Waals surface area contributed by atoms with Crippen LogP contribution >= 0.6 is 11.9 Å². The minimum Gasteiger partial charge on any atom is -0.273 e. The molecule has 12 heavy (non-hydrogen) atoms. The van der Waals surface area contributed by atoms with Crippen molar-refractivity contribution in [2.45, 2.75) is 11.8 Å². The van der Waals surface area contributed by atoms with Gasteiger partial charge in [-0.3, -0.25) is 15.3 Å². The first kappa shape index (κ1) is 9.02. The molecule has 5 heteroatoms. The van der Waals surface area contributed by atoms with Gasteiger partial charge in [-0.15, -0.1) is 0 Å². The second-order valence-corrected chi connectivity index (χ2v) is 3.02. The summed E-state index contributed by atoms with van der Waals surface area (Å²) >= 11 is 0.891. The van der Waals surface area contributed by atoms with E-state index in [0.717, 1.165) is 17.5 Å². The Hall–Kier alpha value is -1.07. The highest BCUT2D eigenvalue weighted by atomic mass is 32.2. The molecule has 0 spiro atoms. The molecule has 0 unspecified atom stereocenters. The predicted octanol–water partition coefficient (Wildman–Crippen LogP) is 1.87. The molecule has 0 amide bonds. The van der Waals surface area contributed by atoms with E-state index in [1.807, 2.05) is 0 Å². The summed E-state index contributed by atoms with van der Waals surface area (Å²) < 4.78 is 0. The van der Waals surface area contributed by atoms with Crippen molar-refractivity contribution in [3.63, 3.8) is 0 Å². The summed E-state index contributed by atoms with van der Waals surface area (Å²) in [6.45, 7) is 1.80. The Kier molecular flexibility index (Phi) is 2.67. The summed E-state index contributed by atoms with van der Waals surface area (Å²) in [7, 11) is 0. The first-order valence-corrected chi connectivity index (χ1v) is 4.15. The summed E-state index contributed by atoms with van der Waals surface area (Å²) in [4.78, 5) is 10.5. The summed E-state index contributed by atoms with van der Waals surface area (Å²) in [5.74, 6) is 0. The van der Waals surface area contributed by atoms with Gasteiger partial charge in [-0.2, -0.15) is 0 Å². The Bertz CT molecular complexity index is 314. The maximum atomic E-state index is 10.5. The van der Waals surface area contributed by atoms with Gasteiger partial charge in [0.05, 0.1) is 4.92 Å². The zero-order valence-electron chi connectivity index (χ0n) is 6.48. The van der Waals surface area contributed by atoms with Gasteiger partial charge in [0.1, 0.15) is 4.90 Å². The molecule has 0 saturated carbocycles. The number of nitrogens with two attached hydrogens (primary N) is 1. The van der Waals surface area contributed by atoms with Crippen LogP contribution in [0.2, 0.25) is 0 Å². The summed E-state index contributed by atoms with van der Waals surface area (Å²) in [6, 6.07) is 4.95. The lowest BCUT2D eigenvalue weighted by molar-refractivity contribution is -0.387. The van der Waals surface area contributed by atoms with Crippen molar-refractivity contribution in [2.75, 3.05) is 0 Å². The summed E-state index contributed by atoms with van der Waals surface area (Å²) in [6.07, 6.45) is 0. The molecule has 0 atom stereocenters. The monoisotopic (exact) mass is 184 g/mol. The Morgan fingerprint density at radius 1 is 1.58 bits per heavy atom. The van der Waals surface area contributed by atoms with Gasteiger partial charge in [0.2, 0.25) is 0 Å². The topological polar surface area (TPSA) is 69.2 Å². The Labute approximate surface area is 74.0 Å². The maximum Gasteiger partial charge on any atom is 0.284 e. The lowest BCUT2D eigenvalue weighted by Gasteiger charge is -1.98. The third kappa shape index (κ3) is 1.75. The van der Waals surface area contributed by atoms with E-state index in [1.165, 1.54) is 6.07 Å². The van der Waals surface area contributed by atoms with Crippen LogP contribution in [0.4, 0.5) is 5.69 Å². The standard InChI is InChI=1S/C7H8N2O2S/c1-5-2-3-7(12-8)6(4-5)9(10)11/h2-4H,8H2,1H3. The van der Waals surface area contributed by atoms with Crippen LogP contribution in [0, 0.1) is 17.0 Å². The van der Waals surface area contributed by atoms with E-state index in [1.54, 1.807) is 19.1 Å². The van der Waals surface area contributed by atoms with E-state index in [2.05, 4.69) is 0 Å². The average Bonchev–Trinajstić information content (AvgIpc) is 2.04. The van der Waals surface area contributed by atoms with Crippen LogP contribution < -0.4 is 5.14 Å². The largest absolute Gasteiger partial charge is 0.284 e. The fraction of sp³-hybridized carbons (Fsp3) is 0.143. The molecule has 0 aliphatic carbocycles. The number of benzene rings is 1. The number of hydrogen-bond acceptors (Lipinski definition) is 4. The molecule has 64 valence electrons. The molecule has 0 aliphatic rings. The molecule has 1 rings (SSSR count). The molecule has 1 aromatic carbocycles. The smallest absolute Gasteiger partial charge is 0.273 e. The van der Waals surface area contributed by atoms with E-state index in [0.29, 0.717) is 4.90 Å². The quantitative estimate of drug-likeness (QED) is 0.432. The van der Waals surface area contributed by atoms with Crippen LogP contribution in [0.15, 0.2) is 23.1 Å². The number of aryl methyl sites for hydroxylation is 1. The van der Waals surface area contributed by atoms with Gasteiger partial charge >= 0.3 is 0 Å². The van der Waals surface area contributed by atoms with Gasteiger partial charge < -0.3 is 0 Å². The van der Waals surface area contributed by atoms with Gasteiger partial charge in [0.15, 0.2) is 0 Å². The van der Waals surface area contributed by atoms with E-state index >= 15 is 0 Å². The fourth-order valence-corrected chi connectivity index (χ4v) is 1.27. The molecule has 1 aromatic rings. The van der Waals surface area contributed by atoms with Crippen molar-refractivity contribution in [3.05, 3.63) is 33.9 Å². The number of nitro benzene ring substituents is 1. The van der Waals surface area contributed by atoms with Crippen LogP contribution in [-0.2, 0) is 0 Å². The van der Waals surface area contributed by atoms with Gasteiger partial charge in [-0.05, 0) is 30.5 Å². The van der Waals surface area contributed by atoms with E-state index in [4.69, 9.17) is 5.14 Å². The highest BCUT2D eigenvalue weighted by Crippen LogP contribution is 2.26. The molecule has 0 fully saturated rings. The number of nitro groups is 1. The van der Waals surface area contributed by atoms with Crippen molar-refractivity contribution in [3.8, 4) is 0 Å². The van der Waals surface area contributed by atoms with Crippen molar-refractivity contribution in [1.29, 1.82) is 0 Å². The molecule has 2 N–H and O–H groups in total. The third-order valence-corrected chi connectivity index (χ3v) is 2.04.